The third-order valence-electron chi connectivity index (χ3n) is 2.28. The van der Waals surface area contributed by atoms with Gasteiger partial charge in [-0.2, -0.15) is 0 Å². The summed E-state index contributed by atoms with van der Waals surface area (Å²) in [5.74, 6) is -0.677. The summed E-state index contributed by atoms with van der Waals surface area (Å²) in [6, 6.07) is 0. The first kappa shape index (κ1) is 16.4. The number of carbonyl (C=O) groups excluding carboxylic acids is 1. The highest BCUT2D eigenvalue weighted by atomic mass is 32.2. The second kappa shape index (κ2) is 9.41. The molecule has 0 aliphatic carbocycles. The number of carbonyl (C=O) groups is 1. The van der Waals surface area contributed by atoms with Gasteiger partial charge in [-0.1, -0.05) is 26.7 Å². The Bertz CT molecular complexity index is 302. The molecule has 0 spiro atoms. The molecule has 1 amide bonds. The van der Waals surface area contributed by atoms with Crippen molar-refractivity contribution in [3.63, 3.8) is 0 Å². The van der Waals surface area contributed by atoms with Crippen molar-refractivity contribution in [1.82, 2.24) is 10.6 Å². The minimum atomic E-state index is -3.23. The van der Waals surface area contributed by atoms with Gasteiger partial charge in [-0.15, -0.1) is 0 Å². The molecule has 0 atom stereocenters. The molecule has 5 nitrogen and oxygen atoms in total. The molecule has 0 aromatic heterocycles. The van der Waals surface area contributed by atoms with Crippen LogP contribution in [0.5, 0.6) is 0 Å². The Labute approximate surface area is 104 Å². The fraction of sp³-hybridized carbons (Fsp3) is 0.909. The lowest BCUT2D eigenvalue weighted by Gasteiger charge is -2.06. The molecule has 0 heterocycles. The van der Waals surface area contributed by atoms with E-state index in [9.17, 15) is 13.2 Å². The summed E-state index contributed by atoms with van der Waals surface area (Å²) in [6.45, 7) is 5.96. The van der Waals surface area contributed by atoms with Gasteiger partial charge in [-0.3, -0.25) is 4.79 Å². The molecule has 0 aromatic rings. The molecule has 0 rings (SSSR count). The van der Waals surface area contributed by atoms with E-state index in [2.05, 4.69) is 10.6 Å². The maximum absolute atomic E-state index is 11.5. The summed E-state index contributed by atoms with van der Waals surface area (Å²) in [5, 5.41) is 5.63. The average molecular weight is 264 g/mol. The van der Waals surface area contributed by atoms with Gasteiger partial charge in [-0.05, 0) is 13.0 Å². The van der Waals surface area contributed by atoms with Crippen LogP contribution in [0.1, 0.15) is 33.1 Å². The van der Waals surface area contributed by atoms with Crippen molar-refractivity contribution in [3.8, 4) is 0 Å². The van der Waals surface area contributed by atoms with Gasteiger partial charge in [-0.25, -0.2) is 8.42 Å². The van der Waals surface area contributed by atoms with E-state index in [1.54, 1.807) is 0 Å². The van der Waals surface area contributed by atoms with E-state index in [4.69, 9.17) is 0 Å². The van der Waals surface area contributed by atoms with E-state index in [1.807, 2.05) is 13.8 Å². The third kappa shape index (κ3) is 10.3. The smallest absolute Gasteiger partial charge is 0.235 e. The molecule has 102 valence electrons. The molecule has 0 aliphatic heterocycles. The van der Waals surface area contributed by atoms with E-state index in [0.29, 0.717) is 19.5 Å². The third-order valence-corrected chi connectivity index (χ3v) is 3.90. The fourth-order valence-corrected chi connectivity index (χ4v) is 2.65. The molecular formula is C11H24N2O3S. The highest BCUT2D eigenvalue weighted by molar-refractivity contribution is 7.92. The van der Waals surface area contributed by atoms with Gasteiger partial charge in [0.2, 0.25) is 5.91 Å². The quantitative estimate of drug-likeness (QED) is 0.557. The lowest BCUT2D eigenvalue weighted by Crippen LogP contribution is -2.36. The molecule has 6 heteroatoms. The first-order valence-corrected chi connectivity index (χ1v) is 8.01. The van der Waals surface area contributed by atoms with E-state index in [-0.39, 0.29) is 11.5 Å². The van der Waals surface area contributed by atoms with Crippen LogP contribution in [-0.4, -0.2) is 45.5 Å². The molecule has 0 saturated heterocycles. The molecule has 0 bridgehead atoms. The monoisotopic (exact) mass is 264 g/mol. The van der Waals surface area contributed by atoms with Gasteiger partial charge in [0.25, 0.3) is 0 Å². The van der Waals surface area contributed by atoms with Gasteiger partial charge in [0, 0.05) is 13.1 Å². The number of likely N-dealkylation sites (N-methyl/N-ethyl adjacent to an activating group) is 1. The highest BCUT2D eigenvalue weighted by Gasteiger charge is 2.15. The molecule has 17 heavy (non-hydrogen) atoms. The number of hydrogen-bond acceptors (Lipinski definition) is 4. The summed E-state index contributed by atoms with van der Waals surface area (Å²) in [4.78, 5) is 11.3. The molecule has 0 saturated carbocycles. The molecule has 0 fully saturated rings. The van der Waals surface area contributed by atoms with Crippen molar-refractivity contribution >= 4 is 15.7 Å². The molecule has 0 unspecified atom stereocenters. The van der Waals surface area contributed by atoms with Crippen LogP contribution in [0.25, 0.3) is 0 Å². The molecule has 0 aliphatic rings. The molecule has 0 aromatic carbocycles. The number of unbranched alkanes of at least 4 members (excludes halogenated alkanes) is 2. The Morgan fingerprint density at radius 2 is 1.82 bits per heavy atom. The van der Waals surface area contributed by atoms with Crippen LogP contribution in [-0.2, 0) is 14.6 Å². The van der Waals surface area contributed by atoms with Crippen molar-refractivity contribution in [2.24, 2.45) is 0 Å². The minimum Gasteiger partial charge on any atom is -0.354 e. The Balaban J connectivity index is 3.77. The summed E-state index contributed by atoms with van der Waals surface area (Å²) in [5.41, 5.74) is 0. The first-order chi connectivity index (χ1) is 8.02. The number of nitrogens with one attached hydrogen (secondary N) is 2. The van der Waals surface area contributed by atoms with Gasteiger partial charge in [0.15, 0.2) is 9.84 Å². The van der Waals surface area contributed by atoms with Crippen molar-refractivity contribution in [2.75, 3.05) is 31.1 Å². The minimum absolute atomic E-state index is 0.113. The summed E-state index contributed by atoms with van der Waals surface area (Å²) in [6.07, 6.45) is 2.51. The largest absolute Gasteiger partial charge is 0.354 e. The van der Waals surface area contributed by atoms with Crippen LogP contribution in [0.3, 0.4) is 0 Å². The van der Waals surface area contributed by atoms with Crippen molar-refractivity contribution in [3.05, 3.63) is 0 Å². The molecular weight excluding hydrogens is 240 g/mol. The molecule has 0 radical (unpaired) electrons. The zero-order valence-electron chi connectivity index (χ0n) is 10.8. The zero-order chi connectivity index (χ0) is 13.1. The summed E-state index contributed by atoms with van der Waals surface area (Å²) in [7, 11) is -3.23. The van der Waals surface area contributed by atoms with Crippen molar-refractivity contribution in [2.45, 2.75) is 33.1 Å². The normalized spacial score (nSPS) is 11.4. The van der Waals surface area contributed by atoms with Crippen LogP contribution >= 0.6 is 0 Å². The first-order valence-electron chi connectivity index (χ1n) is 6.19. The molecule has 2 N–H and O–H groups in total. The number of amides is 1. The van der Waals surface area contributed by atoms with Gasteiger partial charge < -0.3 is 10.6 Å². The van der Waals surface area contributed by atoms with Crippen LogP contribution in [0.2, 0.25) is 0 Å². The van der Waals surface area contributed by atoms with Gasteiger partial charge in [0.05, 0.1) is 5.75 Å². The number of hydrogen-bond donors (Lipinski definition) is 2. The Morgan fingerprint density at radius 1 is 1.12 bits per heavy atom. The van der Waals surface area contributed by atoms with E-state index in [1.165, 1.54) is 0 Å². The maximum Gasteiger partial charge on any atom is 0.235 e. The Kier molecular flexibility index (Phi) is 9.07. The second-order valence-corrected chi connectivity index (χ2v) is 6.19. The number of sulfone groups is 1. The Hall–Kier alpha value is -0.620. The van der Waals surface area contributed by atoms with E-state index >= 15 is 0 Å². The summed E-state index contributed by atoms with van der Waals surface area (Å²) < 4.78 is 23.1. The average Bonchev–Trinajstić information content (AvgIpc) is 2.24. The summed E-state index contributed by atoms with van der Waals surface area (Å²) >= 11 is 0. The fourth-order valence-electron chi connectivity index (χ4n) is 1.36. The standard InChI is InChI=1S/C11H24N2O3S/c1-3-5-6-9-17(15,16)10-11(14)13-8-7-12-4-2/h12H,3-10H2,1-2H3,(H,13,14). The van der Waals surface area contributed by atoms with Gasteiger partial charge >= 0.3 is 0 Å². The van der Waals surface area contributed by atoms with Gasteiger partial charge in [0.1, 0.15) is 5.75 Å². The Morgan fingerprint density at radius 3 is 2.41 bits per heavy atom. The lowest BCUT2D eigenvalue weighted by molar-refractivity contribution is -0.118. The van der Waals surface area contributed by atoms with Crippen molar-refractivity contribution in [1.29, 1.82) is 0 Å². The van der Waals surface area contributed by atoms with Crippen LogP contribution in [0.15, 0.2) is 0 Å². The predicted molar refractivity (Wildman–Crippen MR) is 69.7 cm³/mol. The zero-order valence-corrected chi connectivity index (χ0v) is 11.6. The van der Waals surface area contributed by atoms with E-state index in [0.717, 1.165) is 19.4 Å². The van der Waals surface area contributed by atoms with E-state index < -0.39 is 15.7 Å². The van der Waals surface area contributed by atoms with Crippen LogP contribution < -0.4 is 10.6 Å². The topological polar surface area (TPSA) is 75.3 Å². The number of rotatable bonds is 10. The maximum atomic E-state index is 11.5. The van der Waals surface area contributed by atoms with Crippen LogP contribution in [0.4, 0.5) is 0 Å². The lowest BCUT2D eigenvalue weighted by atomic mass is 10.3. The van der Waals surface area contributed by atoms with Crippen molar-refractivity contribution < 1.29 is 13.2 Å². The highest BCUT2D eigenvalue weighted by Crippen LogP contribution is 1.99. The predicted octanol–water partition coefficient (Wildman–Crippen LogP) is 0.317. The second-order valence-electron chi connectivity index (χ2n) is 4.00. The SMILES string of the molecule is CCCCCS(=O)(=O)CC(=O)NCCNCC. The van der Waals surface area contributed by atoms with Crippen LogP contribution in [0, 0.1) is 0 Å².